The number of amides is 1. The number of aliphatic hydroxyl groups excluding tert-OH is 1. The van der Waals surface area contributed by atoms with Crippen LogP contribution in [0, 0.1) is 0 Å². The van der Waals surface area contributed by atoms with E-state index in [2.05, 4.69) is 22.3 Å². The summed E-state index contributed by atoms with van der Waals surface area (Å²) < 4.78 is 4.82. The van der Waals surface area contributed by atoms with E-state index in [9.17, 15) is 14.7 Å². The monoisotopic (exact) mass is 483 g/mol. The predicted octanol–water partition coefficient (Wildman–Crippen LogP) is 4.29. The quantitative estimate of drug-likeness (QED) is 0.403. The van der Waals surface area contributed by atoms with E-state index in [4.69, 9.17) is 9.73 Å². The van der Waals surface area contributed by atoms with Gasteiger partial charge in [0, 0.05) is 25.3 Å². The number of nitrogens with zero attached hydrogens (tertiary/aromatic N) is 2. The van der Waals surface area contributed by atoms with Gasteiger partial charge in [-0.1, -0.05) is 48.5 Å². The van der Waals surface area contributed by atoms with Crippen molar-refractivity contribution in [1.29, 1.82) is 0 Å². The summed E-state index contributed by atoms with van der Waals surface area (Å²) in [6, 6.07) is 22.9. The molecule has 1 saturated heterocycles. The second-order valence-electron chi connectivity index (χ2n) is 9.25. The van der Waals surface area contributed by atoms with Crippen molar-refractivity contribution in [2.24, 2.45) is 4.99 Å². The molecule has 1 fully saturated rings. The standard InChI is InChI=1S/C29H29N3O4/c1-36-29(35)21-9-12-24-25(17-21)31-28(34)26(24)27(20-5-3-2-4-6-20)30-22-10-7-19(8-11-22)18-32-15-13-23(33)14-16-32/h2-12,17,23,26,33H,13-16,18H2,1H3,(H,31,34). The molecule has 7 heteroatoms. The van der Waals surface area contributed by atoms with Gasteiger partial charge in [-0.25, -0.2) is 4.79 Å². The third-order valence-corrected chi connectivity index (χ3v) is 6.80. The van der Waals surface area contributed by atoms with Gasteiger partial charge in [0.05, 0.1) is 30.2 Å². The second kappa shape index (κ2) is 10.4. The van der Waals surface area contributed by atoms with Crippen LogP contribution in [0.4, 0.5) is 11.4 Å². The van der Waals surface area contributed by atoms with Crippen LogP contribution in [-0.2, 0) is 16.1 Å². The highest BCUT2D eigenvalue weighted by Gasteiger charge is 2.36. The number of carbonyl (C=O) groups is 2. The molecule has 3 aromatic carbocycles. The van der Waals surface area contributed by atoms with Crippen LogP contribution in [-0.4, -0.2) is 53.9 Å². The number of piperidine rings is 1. The fourth-order valence-electron chi connectivity index (χ4n) is 4.83. The molecule has 3 aromatic rings. The molecule has 0 spiro atoms. The van der Waals surface area contributed by atoms with Crippen molar-refractivity contribution in [1.82, 2.24) is 4.90 Å². The van der Waals surface area contributed by atoms with Crippen molar-refractivity contribution in [2.45, 2.75) is 31.4 Å². The van der Waals surface area contributed by atoms with Gasteiger partial charge in [0.1, 0.15) is 5.92 Å². The van der Waals surface area contributed by atoms with Crippen molar-refractivity contribution >= 4 is 29.0 Å². The summed E-state index contributed by atoms with van der Waals surface area (Å²) in [7, 11) is 1.33. The number of hydrogen-bond donors (Lipinski definition) is 2. The second-order valence-corrected chi connectivity index (χ2v) is 9.25. The Morgan fingerprint density at radius 2 is 1.75 bits per heavy atom. The van der Waals surface area contributed by atoms with Crippen LogP contribution in [0.5, 0.6) is 0 Å². The number of aliphatic hydroxyl groups is 1. The molecule has 0 aromatic heterocycles. The summed E-state index contributed by atoms with van der Waals surface area (Å²) in [5, 5.41) is 12.6. The van der Waals surface area contributed by atoms with Crippen molar-refractivity contribution in [3.05, 3.63) is 95.1 Å². The van der Waals surface area contributed by atoms with E-state index in [1.54, 1.807) is 18.2 Å². The Morgan fingerprint density at radius 1 is 1.03 bits per heavy atom. The van der Waals surface area contributed by atoms with Gasteiger partial charge in [0.25, 0.3) is 0 Å². The van der Waals surface area contributed by atoms with Crippen molar-refractivity contribution in [3.8, 4) is 0 Å². The number of anilines is 1. The first kappa shape index (κ1) is 23.9. The van der Waals surface area contributed by atoms with E-state index in [0.717, 1.165) is 49.3 Å². The molecule has 1 amide bonds. The molecule has 2 N–H and O–H groups in total. The molecule has 2 heterocycles. The van der Waals surface area contributed by atoms with E-state index in [1.165, 1.54) is 12.7 Å². The fraction of sp³-hybridized carbons (Fsp3) is 0.276. The highest BCUT2D eigenvalue weighted by atomic mass is 16.5. The Bertz CT molecular complexity index is 1280. The maximum atomic E-state index is 13.2. The molecule has 0 bridgehead atoms. The molecule has 2 aliphatic rings. The molecule has 184 valence electrons. The summed E-state index contributed by atoms with van der Waals surface area (Å²) in [6.45, 7) is 2.63. The number of rotatable bonds is 6. The topological polar surface area (TPSA) is 91.2 Å². The SMILES string of the molecule is COC(=O)c1ccc2c(c1)NC(=O)C2C(=Nc1ccc(CN2CCC(O)CC2)cc1)c1ccccc1. The van der Waals surface area contributed by atoms with E-state index >= 15 is 0 Å². The largest absolute Gasteiger partial charge is 0.465 e. The van der Waals surface area contributed by atoms with Gasteiger partial charge >= 0.3 is 5.97 Å². The highest BCUT2D eigenvalue weighted by Crippen LogP contribution is 2.37. The Balaban J connectivity index is 1.45. The Hall–Kier alpha value is -3.81. The summed E-state index contributed by atoms with van der Waals surface area (Å²) in [5.41, 5.74) is 5.21. The van der Waals surface area contributed by atoms with Crippen LogP contribution in [0.15, 0.2) is 77.8 Å². The number of carbonyl (C=O) groups excluding carboxylic acids is 2. The maximum absolute atomic E-state index is 13.2. The fourth-order valence-corrected chi connectivity index (χ4v) is 4.83. The highest BCUT2D eigenvalue weighted by molar-refractivity contribution is 6.24. The van der Waals surface area contributed by atoms with Crippen LogP contribution in [0.2, 0.25) is 0 Å². The molecule has 5 rings (SSSR count). The minimum atomic E-state index is -0.603. The lowest BCUT2D eigenvalue weighted by Crippen LogP contribution is -2.35. The lowest BCUT2D eigenvalue weighted by molar-refractivity contribution is -0.115. The first-order valence-corrected chi connectivity index (χ1v) is 12.2. The number of esters is 1. The average Bonchev–Trinajstić information content (AvgIpc) is 3.24. The van der Waals surface area contributed by atoms with Crippen LogP contribution in [0.1, 0.15) is 45.8 Å². The smallest absolute Gasteiger partial charge is 0.337 e. The third-order valence-electron chi connectivity index (χ3n) is 6.80. The molecular weight excluding hydrogens is 454 g/mol. The van der Waals surface area contributed by atoms with E-state index in [0.29, 0.717) is 17.0 Å². The number of nitrogens with one attached hydrogen (secondary N) is 1. The normalized spacial score (nSPS) is 18.6. The number of aliphatic imine (C=N–C) groups is 1. The molecular formula is C29H29N3O4. The molecule has 1 unspecified atom stereocenters. The summed E-state index contributed by atoms with van der Waals surface area (Å²) in [5.74, 6) is -1.24. The first-order chi connectivity index (χ1) is 17.5. The van der Waals surface area contributed by atoms with E-state index < -0.39 is 11.9 Å². The van der Waals surface area contributed by atoms with Gasteiger partial charge in [-0.05, 0) is 53.8 Å². The van der Waals surface area contributed by atoms with E-state index in [1.807, 2.05) is 42.5 Å². The van der Waals surface area contributed by atoms with Crippen LogP contribution >= 0.6 is 0 Å². The van der Waals surface area contributed by atoms with Gasteiger partial charge in [0.15, 0.2) is 0 Å². The van der Waals surface area contributed by atoms with Gasteiger partial charge < -0.3 is 15.2 Å². The summed E-state index contributed by atoms with van der Waals surface area (Å²) in [6.07, 6.45) is 1.45. The zero-order valence-corrected chi connectivity index (χ0v) is 20.2. The van der Waals surface area contributed by atoms with Crippen LogP contribution in [0.25, 0.3) is 0 Å². The molecule has 1 atom stereocenters. The minimum Gasteiger partial charge on any atom is -0.465 e. The van der Waals surface area contributed by atoms with Crippen LogP contribution < -0.4 is 5.32 Å². The summed E-state index contributed by atoms with van der Waals surface area (Å²) >= 11 is 0. The zero-order chi connectivity index (χ0) is 25.1. The van der Waals surface area contributed by atoms with Crippen molar-refractivity contribution < 1.29 is 19.4 Å². The van der Waals surface area contributed by atoms with Crippen molar-refractivity contribution in [2.75, 3.05) is 25.5 Å². The Labute approximate surface area is 210 Å². The van der Waals surface area contributed by atoms with E-state index in [-0.39, 0.29) is 12.0 Å². The molecule has 0 saturated carbocycles. The van der Waals surface area contributed by atoms with Gasteiger partial charge in [-0.3, -0.25) is 14.7 Å². The Kier molecular flexibility index (Phi) is 6.93. The number of ether oxygens (including phenoxy) is 1. The summed E-state index contributed by atoms with van der Waals surface area (Å²) in [4.78, 5) is 32.4. The predicted molar refractivity (Wildman–Crippen MR) is 139 cm³/mol. The molecule has 7 nitrogen and oxygen atoms in total. The number of hydrogen-bond acceptors (Lipinski definition) is 6. The zero-order valence-electron chi connectivity index (χ0n) is 20.2. The van der Waals surface area contributed by atoms with Gasteiger partial charge in [-0.2, -0.15) is 0 Å². The molecule has 2 aliphatic heterocycles. The molecule has 0 radical (unpaired) electrons. The number of methoxy groups -OCH3 is 1. The molecule has 0 aliphatic carbocycles. The van der Waals surface area contributed by atoms with Gasteiger partial charge in [0.2, 0.25) is 5.91 Å². The van der Waals surface area contributed by atoms with Gasteiger partial charge in [-0.15, -0.1) is 0 Å². The van der Waals surface area contributed by atoms with Crippen LogP contribution in [0.3, 0.4) is 0 Å². The third kappa shape index (κ3) is 5.08. The minimum absolute atomic E-state index is 0.181. The average molecular weight is 484 g/mol. The number of likely N-dealkylation sites (tertiary alicyclic amines) is 1. The lowest BCUT2D eigenvalue weighted by Gasteiger charge is -2.29. The Morgan fingerprint density at radius 3 is 2.44 bits per heavy atom. The van der Waals surface area contributed by atoms with Crippen molar-refractivity contribution in [3.63, 3.8) is 0 Å². The molecule has 36 heavy (non-hydrogen) atoms. The number of fused-ring (bicyclic) bond motifs is 1. The lowest BCUT2D eigenvalue weighted by atomic mass is 9.90. The number of benzene rings is 3. The maximum Gasteiger partial charge on any atom is 0.337 e. The first-order valence-electron chi connectivity index (χ1n) is 12.2.